The van der Waals surface area contributed by atoms with Gasteiger partial charge in [-0.3, -0.25) is 4.90 Å². The summed E-state index contributed by atoms with van der Waals surface area (Å²) in [6, 6.07) is 3.82. The quantitative estimate of drug-likeness (QED) is 0.906. The number of carboxylic acids is 1. The van der Waals surface area contributed by atoms with Crippen LogP contribution in [0.25, 0.3) is 5.52 Å². The van der Waals surface area contributed by atoms with Crippen molar-refractivity contribution in [1.29, 1.82) is 0 Å². The lowest BCUT2D eigenvalue weighted by atomic mass is 10.0. The number of carboxylic acid groups (broad SMARTS) is 1. The lowest BCUT2D eigenvalue weighted by Gasteiger charge is -2.34. The van der Waals surface area contributed by atoms with Crippen LogP contribution in [0, 0.1) is 6.92 Å². The fourth-order valence-electron chi connectivity index (χ4n) is 3.21. The number of nitrogens with zero attached hydrogens (tertiary/aromatic N) is 2. The van der Waals surface area contributed by atoms with Crippen LogP contribution >= 0.6 is 15.9 Å². The fraction of sp³-hybridized carbons (Fsp3) is 0.438. The van der Waals surface area contributed by atoms with Gasteiger partial charge in [-0.05, 0) is 47.5 Å². The van der Waals surface area contributed by atoms with Gasteiger partial charge in [0.05, 0.1) is 24.3 Å². The maximum Gasteiger partial charge on any atom is 0.336 e. The van der Waals surface area contributed by atoms with Crippen LogP contribution < -0.4 is 0 Å². The minimum Gasteiger partial charge on any atom is -0.478 e. The highest BCUT2D eigenvalue weighted by atomic mass is 79.9. The van der Waals surface area contributed by atoms with Crippen LogP contribution in [-0.4, -0.2) is 46.7 Å². The molecular weight excluding hydrogens is 348 g/mol. The Balaban J connectivity index is 2.17. The first-order valence-electron chi connectivity index (χ1n) is 7.36. The normalized spacial score (nSPS) is 17.8. The highest BCUT2D eigenvalue weighted by Crippen LogP contribution is 2.31. The number of aromatic carboxylic acids is 1. The van der Waals surface area contributed by atoms with Crippen molar-refractivity contribution in [2.24, 2.45) is 0 Å². The zero-order valence-corrected chi connectivity index (χ0v) is 14.3. The summed E-state index contributed by atoms with van der Waals surface area (Å²) < 4.78 is 8.42. The number of aromatic nitrogens is 1. The molecule has 1 N–H and O–H groups in total. The van der Waals surface area contributed by atoms with E-state index in [1.807, 2.05) is 19.2 Å². The standard InChI is InChI=1S/C16H19BrN2O3/c1-10-12(16(20)21)9-14-13(17)3-4-19(14)15(10)11(2)18-5-7-22-8-6-18/h3-4,9,11H,5-8H2,1-2H3,(H,20,21). The van der Waals surface area contributed by atoms with E-state index in [0.29, 0.717) is 5.56 Å². The minimum atomic E-state index is -0.886. The van der Waals surface area contributed by atoms with E-state index >= 15 is 0 Å². The molecule has 6 heteroatoms. The Hall–Kier alpha value is -1.37. The molecular formula is C16H19BrN2O3. The summed E-state index contributed by atoms with van der Waals surface area (Å²) in [6.45, 7) is 7.19. The molecule has 0 radical (unpaired) electrons. The van der Waals surface area contributed by atoms with E-state index in [9.17, 15) is 9.90 Å². The number of halogens is 1. The number of fused-ring (bicyclic) bond motifs is 1. The average molecular weight is 367 g/mol. The Morgan fingerprint density at radius 2 is 2.09 bits per heavy atom. The van der Waals surface area contributed by atoms with Crippen molar-refractivity contribution in [2.75, 3.05) is 26.3 Å². The van der Waals surface area contributed by atoms with Crippen LogP contribution in [0.5, 0.6) is 0 Å². The second-order valence-corrected chi connectivity index (χ2v) is 6.47. The largest absolute Gasteiger partial charge is 0.478 e. The summed E-state index contributed by atoms with van der Waals surface area (Å²) in [4.78, 5) is 13.9. The third-order valence-corrected chi connectivity index (χ3v) is 5.09. The van der Waals surface area contributed by atoms with Gasteiger partial charge in [0.25, 0.3) is 0 Å². The first-order valence-corrected chi connectivity index (χ1v) is 8.15. The van der Waals surface area contributed by atoms with E-state index in [1.165, 1.54) is 0 Å². The van der Waals surface area contributed by atoms with Gasteiger partial charge in [-0.25, -0.2) is 4.79 Å². The number of rotatable bonds is 3. The molecule has 0 spiro atoms. The second kappa shape index (κ2) is 6.02. The number of hydrogen-bond acceptors (Lipinski definition) is 3. The smallest absolute Gasteiger partial charge is 0.336 e. The van der Waals surface area contributed by atoms with E-state index in [0.717, 1.165) is 47.6 Å². The van der Waals surface area contributed by atoms with Gasteiger partial charge in [-0.1, -0.05) is 0 Å². The van der Waals surface area contributed by atoms with E-state index in [4.69, 9.17) is 4.74 Å². The third-order valence-electron chi connectivity index (χ3n) is 4.42. The van der Waals surface area contributed by atoms with Crippen LogP contribution in [0.3, 0.4) is 0 Å². The molecule has 3 heterocycles. The van der Waals surface area contributed by atoms with E-state index in [-0.39, 0.29) is 6.04 Å². The fourth-order valence-corrected chi connectivity index (χ4v) is 3.63. The number of pyridine rings is 1. The maximum atomic E-state index is 11.6. The van der Waals surface area contributed by atoms with Gasteiger partial charge in [0.15, 0.2) is 0 Å². The van der Waals surface area contributed by atoms with Crippen molar-refractivity contribution >= 4 is 27.4 Å². The molecule has 1 fully saturated rings. The molecule has 1 aliphatic heterocycles. The van der Waals surface area contributed by atoms with E-state index in [2.05, 4.69) is 32.2 Å². The molecule has 2 aromatic heterocycles. The van der Waals surface area contributed by atoms with E-state index in [1.54, 1.807) is 6.07 Å². The molecule has 5 nitrogen and oxygen atoms in total. The molecule has 3 rings (SSSR count). The summed E-state index contributed by atoms with van der Waals surface area (Å²) in [5, 5.41) is 9.51. The number of hydrogen-bond donors (Lipinski definition) is 1. The molecule has 1 atom stereocenters. The van der Waals surface area contributed by atoms with Gasteiger partial charge in [-0.2, -0.15) is 0 Å². The summed E-state index contributed by atoms with van der Waals surface area (Å²) in [5.74, 6) is -0.886. The Morgan fingerprint density at radius 3 is 2.73 bits per heavy atom. The van der Waals surface area contributed by atoms with Gasteiger partial charge < -0.3 is 14.2 Å². The average Bonchev–Trinajstić information content (AvgIpc) is 2.87. The van der Waals surface area contributed by atoms with Crippen LogP contribution in [0.4, 0.5) is 0 Å². The van der Waals surface area contributed by atoms with Crippen LogP contribution in [0.15, 0.2) is 22.8 Å². The van der Waals surface area contributed by atoms with Crippen molar-refractivity contribution in [3.05, 3.63) is 39.6 Å². The molecule has 0 bridgehead atoms. The number of morpholine rings is 1. The maximum absolute atomic E-state index is 11.6. The summed E-state index contributed by atoms with van der Waals surface area (Å²) >= 11 is 3.51. The molecule has 118 valence electrons. The summed E-state index contributed by atoms with van der Waals surface area (Å²) in [5.41, 5.74) is 3.10. The van der Waals surface area contributed by atoms with Crippen molar-refractivity contribution in [3.8, 4) is 0 Å². The Labute approximate surface area is 137 Å². The Morgan fingerprint density at radius 1 is 1.41 bits per heavy atom. The summed E-state index contributed by atoms with van der Waals surface area (Å²) in [7, 11) is 0. The molecule has 22 heavy (non-hydrogen) atoms. The van der Waals surface area contributed by atoms with Crippen molar-refractivity contribution in [1.82, 2.24) is 9.30 Å². The Kier molecular flexibility index (Phi) is 4.25. The molecule has 0 aliphatic carbocycles. The molecule has 1 saturated heterocycles. The number of carbonyl (C=O) groups is 1. The second-order valence-electron chi connectivity index (χ2n) is 5.62. The highest BCUT2D eigenvalue weighted by molar-refractivity contribution is 9.10. The first kappa shape index (κ1) is 15.5. The molecule has 0 saturated carbocycles. The van der Waals surface area contributed by atoms with Crippen LogP contribution in [-0.2, 0) is 4.74 Å². The lowest BCUT2D eigenvalue weighted by Crippen LogP contribution is -2.39. The van der Waals surface area contributed by atoms with E-state index < -0.39 is 5.97 Å². The third kappa shape index (κ3) is 2.55. The SMILES string of the molecule is Cc1c(C(=O)O)cc2c(Br)ccn2c1C(C)N1CCOCC1. The molecule has 1 unspecified atom stereocenters. The minimum absolute atomic E-state index is 0.130. The van der Waals surface area contributed by atoms with Gasteiger partial charge in [0, 0.05) is 35.5 Å². The van der Waals surface area contributed by atoms with Crippen molar-refractivity contribution < 1.29 is 14.6 Å². The monoisotopic (exact) mass is 366 g/mol. The molecule has 1 aliphatic rings. The van der Waals surface area contributed by atoms with Gasteiger partial charge in [-0.15, -0.1) is 0 Å². The molecule has 2 aromatic rings. The van der Waals surface area contributed by atoms with Gasteiger partial charge in [0.1, 0.15) is 0 Å². The van der Waals surface area contributed by atoms with Crippen LogP contribution in [0.1, 0.15) is 34.6 Å². The van der Waals surface area contributed by atoms with Crippen LogP contribution in [0.2, 0.25) is 0 Å². The number of ether oxygens (including phenoxy) is 1. The van der Waals surface area contributed by atoms with Gasteiger partial charge >= 0.3 is 5.97 Å². The first-order chi connectivity index (χ1) is 10.5. The van der Waals surface area contributed by atoms with Crippen molar-refractivity contribution in [3.63, 3.8) is 0 Å². The Bertz CT molecular complexity index is 720. The highest BCUT2D eigenvalue weighted by Gasteiger charge is 2.25. The zero-order chi connectivity index (χ0) is 15.9. The van der Waals surface area contributed by atoms with Crippen molar-refractivity contribution in [2.45, 2.75) is 19.9 Å². The molecule has 0 amide bonds. The predicted molar refractivity (Wildman–Crippen MR) is 87.6 cm³/mol. The predicted octanol–water partition coefficient (Wildman–Crippen LogP) is 3.10. The summed E-state index contributed by atoms with van der Waals surface area (Å²) in [6.07, 6.45) is 1.99. The van der Waals surface area contributed by atoms with Gasteiger partial charge in [0.2, 0.25) is 0 Å². The zero-order valence-electron chi connectivity index (χ0n) is 12.7. The topological polar surface area (TPSA) is 54.2 Å². The lowest BCUT2D eigenvalue weighted by molar-refractivity contribution is 0.0187. The molecule has 0 aromatic carbocycles.